The Bertz CT molecular complexity index is 695. The van der Waals surface area contributed by atoms with Gasteiger partial charge in [-0.05, 0) is 12.5 Å². The predicted molar refractivity (Wildman–Crippen MR) is 83.8 cm³/mol. The van der Waals surface area contributed by atoms with E-state index in [1.165, 1.54) is 12.4 Å². The lowest BCUT2D eigenvalue weighted by Crippen LogP contribution is -2.16. The van der Waals surface area contributed by atoms with Crippen molar-refractivity contribution >= 4 is 21.7 Å². The summed E-state index contributed by atoms with van der Waals surface area (Å²) in [5, 5.41) is 0. The monoisotopic (exact) mass is 306 g/mol. The Balaban J connectivity index is 2.08. The summed E-state index contributed by atoms with van der Waals surface area (Å²) < 4.78 is 26.7. The molecule has 0 amide bonds. The average Bonchev–Trinajstić information content (AvgIpc) is 2.41. The highest BCUT2D eigenvalue weighted by molar-refractivity contribution is 7.91. The fourth-order valence-corrected chi connectivity index (χ4v) is 2.89. The van der Waals surface area contributed by atoms with Gasteiger partial charge in [0.25, 0.3) is 0 Å². The molecule has 0 atom stereocenters. The molecule has 0 unspecified atom stereocenters. The van der Waals surface area contributed by atoms with E-state index in [0.29, 0.717) is 11.6 Å². The molecule has 1 aromatic carbocycles. The molecule has 7 heteroatoms. The highest BCUT2D eigenvalue weighted by Gasteiger charge is 2.12. The highest BCUT2D eigenvalue weighted by atomic mass is 32.2. The normalized spacial score (nSPS) is 11.2. The lowest BCUT2D eigenvalue weighted by Gasteiger charge is -2.11. The van der Waals surface area contributed by atoms with Crippen LogP contribution < -0.4 is 9.62 Å². The van der Waals surface area contributed by atoms with Gasteiger partial charge < -0.3 is 4.90 Å². The van der Waals surface area contributed by atoms with Crippen molar-refractivity contribution in [2.75, 3.05) is 23.7 Å². The molecule has 0 saturated heterocycles. The van der Waals surface area contributed by atoms with Crippen LogP contribution in [-0.2, 0) is 15.8 Å². The second-order valence-corrected chi connectivity index (χ2v) is 6.74. The van der Waals surface area contributed by atoms with Gasteiger partial charge in [0.05, 0.1) is 23.8 Å². The standard InChI is InChI=1S/C14H18N4O2S/c1-11-4-6-12(7-5-11)10-21(19,20)17-13-8-15-14(16-9-13)18(2)3/h4-9,17H,10H2,1-3H3. The lowest BCUT2D eigenvalue weighted by atomic mass is 10.2. The number of hydrogen-bond donors (Lipinski definition) is 1. The SMILES string of the molecule is Cc1ccc(CS(=O)(=O)Nc2cnc(N(C)C)nc2)cc1. The van der Waals surface area contributed by atoms with E-state index < -0.39 is 10.0 Å². The Hall–Kier alpha value is -2.15. The van der Waals surface area contributed by atoms with E-state index in [9.17, 15) is 8.42 Å². The first-order valence-electron chi connectivity index (χ1n) is 6.41. The second kappa shape index (κ2) is 6.09. The summed E-state index contributed by atoms with van der Waals surface area (Å²) in [5.41, 5.74) is 2.18. The van der Waals surface area contributed by atoms with Crippen LogP contribution in [0.25, 0.3) is 0 Å². The Labute approximate surface area is 124 Å². The molecule has 0 saturated carbocycles. The van der Waals surface area contributed by atoms with Crippen LogP contribution in [0.1, 0.15) is 11.1 Å². The zero-order valence-electron chi connectivity index (χ0n) is 12.2. The molecule has 0 aliphatic rings. The molecule has 1 heterocycles. The Morgan fingerprint density at radius 2 is 1.67 bits per heavy atom. The van der Waals surface area contributed by atoms with Gasteiger partial charge in [-0.15, -0.1) is 0 Å². The first-order valence-corrected chi connectivity index (χ1v) is 8.06. The number of sulfonamides is 1. The quantitative estimate of drug-likeness (QED) is 0.911. The number of hydrogen-bond acceptors (Lipinski definition) is 5. The maximum absolute atomic E-state index is 12.1. The van der Waals surface area contributed by atoms with Crippen LogP contribution in [0.15, 0.2) is 36.7 Å². The number of benzene rings is 1. The second-order valence-electron chi connectivity index (χ2n) is 5.01. The number of nitrogens with one attached hydrogen (secondary N) is 1. The maximum atomic E-state index is 12.1. The number of anilines is 2. The molecule has 0 bridgehead atoms. The van der Waals surface area contributed by atoms with E-state index >= 15 is 0 Å². The van der Waals surface area contributed by atoms with Crippen LogP contribution in [0.2, 0.25) is 0 Å². The predicted octanol–water partition coefficient (Wildman–Crippen LogP) is 1.79. The van der Waals surface area contributed by atoms with Crippen molar-refractivity contribution in [1.29, 1.82) is 0 Å². The zero-order valence-corrected chi connectivity index (χ0v) is 13.1. The fraction of sp³-hybridized carbons (Fsp3) is 0.286. The molecule has 6 nitrogen and oxygen atoms in total. The third kappa shape index (κ3) is 4.42. The van der Waals surface area contributed by atoms with Gasteiger partial charge in [-0.3, -0.25) is 4.72 Å². The molecule has 1 aromatic heterocycles. The molecule has 0 radical (unpaired) electrons. The first kappa shape index (κ1) is 15.2. The molecule has 0 aliphatic heterocycles. The third-order valence-corrected chi connectivity index (χ3v) is 4.05. The van der Waals surface area contributed by atoms with Crippen LogP contribution in [0.5, 0.6) is 0 Å². The molecule has 0 aliphatic carbocycles. The minimum absolute atomic E-state index is 0.0806. The van der Waals surface area contributed by atoms with Crippen molar-refractivity contribution in [3.8, 4) is 0 Å². The summed E-state index contributed by atoms with van der Waals surface area (Å²) in [6.07, 6.45) is 2.91. The smallest absolute Gasteiger partial charge is 0.237 e. The van der Waals surface area contributed by atoms with Crippen molar-refractivity contribution in [2.45, 2.75) is 12.7 Å². The minimum atomic E-state index is -3.48. The average molecular weight is 306 g/mol. The highest BCUT2D eigenvalue weighted by Crippen LogP contribution is 2.13. The van der Waals surface area contributed by atoms with Crippen LogP contribution >= 0.6 is 0 Å². The molecule has 0 fully saturated rings. The summed E-state index contributed by atoms with van der Waals surface area (Å²) in [4.78, 5) is 9.88. The Morgan fingerprint density at radius 3 is 2.19 bits per heavy atom. The van der Waals surface area contributed by atoms with Crippen molar-refractivity contribution in [3.05, 3.63) is 47.8 Å². The summed E-state index contributed by atoms with van der Waals surface area (Å²) in [6.45, 7) is 1.96. The molecule has 21 heavy (non-hydrogen) atoms. The topological polar surface area (TPSA) is 75.2 Å². The van der Waals surface area contributed by atoms with Crippen LogP contribution in [0, 0.1) is 6.92 Å². The number of aromatic nitrogens is 2. The zero-order chi connectivity index (χ0) is 15.5. The van der Waals surface area contributed by atoms with Crippen LogP contribution in [0.4, 0.5) is 11.6 Å². The van der Waals surface area contributed by atoms with Gasteiger partial charge in [-0.2, -0.15) is 0 Å². The summed E-state index contributed by atoms with van der Waals surface area (Å²) in [7, 11) is 0.155. The van der Waals surface area contributed by atoms with E-state index in [4.69, 9.17) is 0 Å². The van der Waals surface area contributed by atoms with E-state index in [-0.39, 0.29) is 5.75 Å². The lowest BCUT2D eigenvalue weighted by molar-refractivity contribution is 0.600. The summed E-state index contributed by atoms with van der Waals surface area (Å²) in [6, 6.07) is 7.39. The van der Waals surface area contributed by atoms with E-state index in [0.717, 1.165) is 11.1 Å². The minimum Gasteiger partial charge on any atom is -0.347 e. The largest absolute Gasteiger partial charge is 0.347 e. The van der Waals surface area contributed by atoms with Crippen molar-refractivity contribution in [3.63, 3.8) is 0 Å². The van der Waals surface area contributed by atoms with Gasteiger partial charge in [0, 0.05) is 14.1 Å². The van der Waals surface area contributed by atoms with Gasteiger partial charge >= 0.3 is 0 Å². The maximum Gasteiger partial charge on any atom is 0.237 e. The number of aryl methyl sites for hydroxylation is 1. The molecular formula is C14H18N4O2S. The molecular weight excluding hydrogens is 288 g/mol. The van der Waals surface area contributed by atoms with Gasteiger partial charge in [0.15, 0.2) is 0 Å². The van der Waals surface area contributed by atoms with Crippen LogP contribution in [-0.4, -0.2) is 32.5 Å². The van der Waals surface area contributed by atoms with Gasteiger partial charge in [-0.25, -0.2) is 18.4 Å². The Morgan fingerprint density at radius 1 is 1.10 bits per heavy atom. The van der Waals surface area contributed by atoms with Gasteiger partial charge in [0.1, 0.15) is 0 Å². The Kier molecular flexibility index (Phi) is 4.42. The summed E-state index contributed by atoms with van der Waals surface area (Å²) in [5.74, 6) is 0.444. The van der Waals surface area contributed by atoms with E-state index in [1.807, 2.05) is 33.2 Å². The van der Waals surface area contributed by atoms with Gasteiger partial charge in [0.2, 0.25) is 16.0 Å². The van der Waals surface area contributed by atoms with Crippen molar-refractivity contribution in [1.82, 2.24) is 9.97 Å². The molecule has 0 spiro atoms. The molecule has 1 N–H and O–H groups in total. The van der Waals surface area contributed by atoms with E-state index in [2.05, 4.69) is 14.7 Å². The fourth-order valence-electron chi connectivity index (χ4n) is 1.72. The first-order chi connectivity index (χ1) is 9.85. The third-order valence-electron chi connectivity index (χ3n) is 2.79. The molecule has 2 aromatic rings. The van der Waals surface area contributed by atoms with E-state index in [1.54, 1.807) is 17.0 Å². The molecule has 112 valence electrons. The van der Waals surface area contributed by atoms with Crippen molar-refractivity contribution in [2.24, 2.45) is 0 Å². The molecule has 2 rings (SSSR count). The number of rotatable bonds is 5. The van der Waals surface area contributed by atoms with Crippen LogP contribution in [0.3, 0.4) is 0 Å². The van der Waals surface area contributed by atoms with Gasteiger partial charge in [-0.1, -0.05) is 29.8 Å². The number of nitrogens with zero attached hydrogens (tertiary/aromatic N) is 3. The summed E-state index contributed by atoms with van der Waals surface area (Å²) >= 11 is 0. The van der Waals surface area contributed by atoms with Crippen molar-refractivity contribution < 1.29 is 8.42 Å².